The fraction of sp³-hybridized carbons (Fsp3) is 0.435. The van der Waals surface area contributed by atoms with Crippen LogP contribution in [-0.2, 0) is 16.4 Å². The minimum atomic E-state index is -3.51. The van der Waals surface area contributed by atoms with Crippen LogP contribution in [0.5, 0.6) is 0 Å². The number of piperidine rings is 1. The summed E-state index contributed by atoms with van der Waals surface area (Å²) in [6, 6.07) is 15.1. The van der Waals surface area contributed by atoms with Crippen LogP contribution in [0, 0.1) is 6.92 Å². The molecule has 0 aromatic heterocycles. The molecule has 1 amide bonds. The molecule has 1 fully saturated rings. The monoisotopic (exact) mass is 414 g/mol. The molecular formula is C23H30N2O3S. The average Bonchev–Trinajstić information content (AvgIpc) is 2.69. The Bertz CT molecular complexity index is 962. The number of hydrogen-bond acceptors (Lipinski definition) is 4. The number of benzene rings is 2. The van der Waals surface area contributed by atoms with Crippen molar-refractivity contribution < 1.29 is 13.2 Å². The summed E-state index contributed by atoms with van der Waals surface area (Å²) in [4.78, 5) is 15.3. The number of hydrogen-bond donors (Lipinski definition) is 1. The molecular weight excluding hydrogens is 384 g/mol. The van der Waals surface area contributed by atoms with Crippen LogP contribution in [0.15, 0.2) is 53.4 Å². The van der Waals surface area contributed by atoms with E-state index in [-0.39, 0.29) is 22.4 Å². The van der Waals surface area contributed by atoms with Crippen LogP contribution in [0.1, 0.15) is 48.2 Å². The molecule has 6 heteroatoms. The van der Waals surface area contributed by atoms with Crippen LogP contribution < -0.4 is 5.32 Å². The Morgan fingerprint density at radius 3 is 2.45 bits per heavy atom. The Hall–Kier alpha value is -2.18. The van der Waals surface area contributed by atoms with Crippen LogP contribution in [0.3, 0.4) is 0 Å². The molecule has 1 heterocycles. The predicted octanol–water partition coefficient (Wildman–Crippen LogP) is 3.57. The van der Waals surface area contributed by atoms with Crippen LogP contribution >= 0.6 is 0 Å². The van der Waals surface area contributed by atoms with Crippen molar-refractivity contribution >= 4 is 15.7 Å². The van der Waals surface area contributed by atoms with E-state index in [1.807, 2.05) is 0 Å². The third-order valence-electron chi connectivity index (χ3n) is 5.47. The Kier molecular flexibility index (Phi) is 6.75. The lowest BCUT2D eigenvalue weighted by molar-refractivity contribution is 0.0905. The zero-order valence-corrected chi connectivity index (χ0v) is 18.2. The molecule has 29 heavy (non-hydrogen) atoms. The number of likely N-dealkylation sites (tertiary alicyclic amines) is 1. The van der Waals surface area contributed by atoms with E-state index in [0.29, 0.717) is 0 Å². The van der Waals surface area contributed by atoms with Crippen molar-refractivity contribution in [2.24, 2.45) is 0 Å². The van der Waals surface area contributed by atoms with Gasteiger partial charge in [-0.1, -0.05) is 42.0 Å². The third-order valence-corrected chi connectivity index (χ3v) is 7.68. The molecule has 1 aliphatic heterocycles. The molecule has 0 unspecified atom stereocenters. The van der Waals surface area contributed by atoms with Gasteiger partial charge in [-0.3, -0.25) is 9.69 Å². The highest BCUT2D eigenvalue weighted by molar-refractivity contribution is 7.92. The SMILES string of the molecule is Cc1cccc(CN2CCC(NC(=O)c3ccccc3S(=O)(=O)C(C)C)CC2)c1. The number of nitrogens with one attached hydrogen (secondary N) is 1. The molecule has 5 nitrogen and oxygen atoms in total. The Morgan fingerprint density at radius 1 is 1.10 bits per heavy atom. The van der Waals surface area contributed by atoms with Crippen molar-refractivity contribution in [3.8, 4) is 0 Å². The molecule has 156 valence electrons. The smallest absolute Gasteiger partial charge is 0.252 e. The first kappa shape index (κ1) is 21.5. The van der Waals surface area contributed by atoms with Gasteiger partial charge in [0, 0.05) is 25.7 Å². The Morgan fingerprint density at radius 2 is 1.79 bits per heavy atom. The van der Waals surface area contributed by atoms with Gasteiger partial charge in [0.2, 0.25) is 0 Å². The second-order valence-corrected chi connectivity index (χ2v) is 10.6. The van der Waals surface area contributed by atoms with E-state index in [0.717, 1.165) is 32.5 Å². The van der Waals surface area contributed by atoms with Crippen LogP contribution in [0.25, 0.3) is 0 Å². The van der Waals surface area contributed by atoms with E-state index in [4.69, 9.17) is 0 Å². The summed E-state index contributed by atoms with van der Waals surface area (Å²) in [6.45, 7) is 8.10. The molecule has 3 rings (SSSR count). The van der Waals surface area contributed by atoms with E-state index >= 15 is 0 Å². The first-order valence-corrected chi connectivity index (χ1v) is 11.7. The third kappa shape index (κ3) is 5.25. The first-order chi connectivity index (χ1) is 13.8. The topological polar surface area (TPSA) is 66.5 Å². The number of carbonyl (C=O) groups is 1. The van der Waals surface area contributed by atoms with Crippen molar-refractivity contribution in [2.75, 3.05) is 13.1 Å². The molecule has 0 radical (unpaired) electrons. The molecule has 1 saturated heterocycles. The summed E-state index contributed by atoms with van der Waals surface area (Å²) in [5, 5.41) is 2.48. The summed E-state index contributed by atoms with van der Waals surface area (Å²) in [7, 11) is -3.51. The van der Waals surface area contributed by atoms with Crippen molar-refractivity contribution in [1.82, 2.24) is 10.2 Å². The number of rotatable bonds is 6. The van der Waals surface area contributed by atoms with Crippen molar-refractivity contribution in [3.63, 3.8) is 0 Å². The van der Waals surface area contributed by atoms with Gasteiger partial charge in [-0.2, -0.15) is 0 Å². The summed E-state index contributed by atoms with van der Waals surface area (Å²) < 4.78 is 25.2. The molecule has 0 atom stereocenters. The summed E-state index contributed by atoms with van der Waals surface area (Å²) in [5.74, 6) is -0.304. The predicted molar refractivity (Wildman–Crippen MR) is 116 cm³/mol. The second kappa shape index (κ2) is 9.09. The fourth-order valence-electron chi connectivity index (χ4n) is 3.72. The largest absolute Gasteiger partial charge is 0.349 e. The first-order valence-electron chi connectivity index (χ1n) is 10.2. The maximum Gasteiger partial charge on any atom is 0.252 e. The normalized spacial score (nSPS) is 16.1. The van der Waals surface area contributed by atoms with Crippen molar-refractivity contribution in [1.29, 1.82) is 0 Å². The second-order valence-electron chi connectivity index (χ2n) is 8.10. The van der Waals surface area contributed by atoms with Gasteiger partial charge < -0.3 is 5.32 Å². The minimum absolute atomic E-state index is 0.0612. The standard InChI is InChI=1S/C23H30N2O3S/c1-17(2)29(27,28)22-10-5-4-9-21(22)23(26)24-20-11-13-25(14-12-20)16-19-8-6-7-18(3)15-19/h4-10,15,17,20H,11-14,16H2,1-3H3,(H,24,26). The van der Waals surface area contributed by atoms with Gasteiger partial charge in [0.1, 0.15) is 0 Å². The molecule has 2 aromatic rings. The summed E-state index contributed by atoms with van der Waals surface area (Å²) >= 11 is 0. The van der Waals surface area contributed by atoms with E-state index in [1.54, 1.807) is 32.0 Å². The van der Waals surface area contributed by atoms with Gasteiger partial charge in [0.25, 0.3) is 5.91 Å². The number of amides is 1. The molecule has 0 bridgehead atoms. The minimum Gasteiger partial charge on any atom is -0.349 e. The van der Waals surface area contributed by atoms with E-state index in [2.05, 4.69) is 41.4 Å². The highest BCUT2D eigenvalue weighted by Gasteiger charge is 2.27. The summed E-state index contributed by atoms with van der Waals surface area (Å²) in [5.41, 5.74) is 2.81. The zero-order chi connectivity index (χ0) is 21.0. The van der Waals surface area contributed by atoms with Gasteiger partial charge in [-0.05, 0) is 51.3 Å². The van der Waals surface area contributed by atoms with Crippen LogP contribution in [-0.4, -0.2) is 43.6 Å². The van der Waals surface area contributed by atoms with Gasteiger partial charge in [0.15, 0.2) is 9.84 Å². The average molecular weight is 415 g/mol. The highest BCUT2D eigenvalue weighted by atomic mass is 32.2. The van der Waals surface area contributed by atoms with E-state index in [9.17, 15) is 13.2 Å². The highest BCUT2D eigenvalue weighted by Crippen LogP contribution is 2.21. The van der Waals surface area contributed by atoms with E-state index < -0.39 is 15.1 Å². The fourth-order valence-corrected chi connectivity index (χ4v) is 4.97. The Balaban J connectivity index is 1.61. The molecule has 1 N–H and O–H groups in total. The van der Waals surface area contributed by atoms with Gasteiger partial charge in [-0.25, -0.2) is 8.42 Å². The summed E-state index contributed by atoms with van der Waals surface area (Å²) in [6.07, 6.45) is 1.72. The van der Waals surface area contributed by atoms with Gasteiger partial charge in [-0.15, -0.1) is 0 Å². The van der Waals surface area contributed by atoms with Gasteiger partial charge in [0.05, 0.1) is 15.7 Å². The van der Waals surface area contributed by atoms with Crippen LogP contribution in [0.4, 0.5) is 0 Å². The molecule has 0 aliphatic carbocycles. The number of sulfone groups is 1. The quantitative estimate of drug-likeness (QED) is 0.785. The maximum absolute atomic E-state index is 12.8. The number of aryl methyl sites for hydroxylation is 1. The lowest BCUT2D eigenvalue weighted by Gasteiger charge is -2.32. The van der Waals surface area contributed by atoms with Gasteiger partial charge >= 0.3 is 0 Å². The van der Waals surface area contributed by atoms with Crippen LogP contribution in [0.2, 0.25) is 0 Å². The lowest BCUT2D eigenvalue weighted by Crippen LogP contribution is -2.44. The number of nitrogens with zero attached hydrogens (tertiary/aromatic N) is 1. The molecule has 1 aliphatic rings. The molecule has 2 aromatic carbocycles. The maximum atomic E-state index is 12.8. The lowest BCUT2D eigenvalue weighted by atomic mass is 10.0. The Labute approximate surface area is 174 Å². The van der Waals surface area contributed by atoms with E-state index in [1.165, 1.54) is 17.2 Å². The molecule has 0 saturated carbocycles. The number of carbonyl (C=O) groups excluding carboxylic acids is 1. The zero-order valence-electron chi connectivity index (χ0n) is 17.4. The van der Waals surface area contributed by atoms with Crippen molar-refractivity contribution in [3.05, 3.63) is 65.2 Å². The molecule has 0 spiro atoms. The van der Waals surface area contributed by atoms with Crippen molar-refractivity contribution in [2.45, 2.75) is 56.3 Å².